The van der Waals surface area contributed by atoms with Crippen LogP contribution in [0.25, 0.3) is 0 Å². The van der Waals surface area contributed by atoms with E-state index in [1.807, 2.05) is 18.2 Å². The zero-order valence-electron chi connectivity index (χ0n) is 12.7. The molecule has 1 N–H and O–H groups in total. The van der Waals surface area contributed by atoms with Gasteiger partial charge in [-0.25, -0.2) is 4.39 Å². The van der Waals surface area contributed by atoms with Crippen molar-refractivity contribution < 1.29 is 9.13 Å². The maximum atomic E-state index is 14.4. The summed E-state index contributed by atoms with van der Waals surface area (Å²) in [5.41, 5.74) is 3.33. The van der Waals surface area contributed by atoms with Gasteiger partial charge in [-0.3, -0.25) is 0 Å². The van der Waals surface area contributed by atoms with Crippen LogP contribution < -0.4 is 10.1 Å². The second-order valence-corrected chi connectivity index (χ2v) is 6.23. The maximum absolute atomic E-state index is 14.4. The van der Waals surface area contributed by atoms with Crippen LogP contribution in [-0.4, -0.2) is 13.7 Å². The molecule has 1 fully saturated rings. The van der Waals surface area contributed by atoms with Crippen LogP contribution in [0.3, 0.4) is 0 Å². The van der Waals surface area contributed by atoms with Gasteiger partial charge < -0.3 is 10.1 Å². The van der Waals surface area contributed by atoms with E-state index in [0.29, 0.717) is 12.0 Å². The molecule has 1 aliphatic heterocycles. The Labute approximate surface area is 130 Å². The summed E-state index contributed by atoms with van der Waals surface area (Å²) < 4.78 is 19.8. The van der Waals surface area contributed by atoms with Gasteiger partial charge in [0.1, 0.15) is 11.6 Å². The minimum absolute atomic E-state index is 0.104. The zero-order chi connectivity index (χ0) is 15.1. The van der Waals surface area contributed by atoms with Gasteiger partial charge in [-0.15, -0.1) is 0 Å². The molecule has 2 nitrogen and oxygen atoms in total. The summed E-state index contributed by atoms with van der Waals surface area (Å²) in [4.78, 5) is 0. The van der Waals surface area contributed by atoms with Crippen LogP contribution in [0, 0.1) is 11.7 Å². The van der Waals surface area contributed by atoms with E-state index in [0.717, 1.165) is 30.7 Å². The molecule has 0 amide bonds. The fraction of sp³-hybridized carbons (Fsp3) is 0.368. The number of nitrogens with one attached hydrogen (secondary N) is 1. The largest absolute Gasteiger partial charge is 0.497 e. The molecule has 114 valence electrons. The Balaban J connectivity index is 1.88. The summed E-state index contributed by atoms with van der Waals surface area (Å²) in [6, 6.07) is 13.8. The molecule has 3 unspecified atom stereocenters. The van der Waals surface area contributed by atoms with Crippen molar-refractivity contribution >= 4 is 0 Å². The summed E-state index contributed by atoms with van der Waals surface area (Å²) in [5, 5.41) is 3.63. The number of methoxy groups -OCH3 is 1. The number of benzene rings is 2. The van der Waals surface area contributed by atoms with E-state index in [9.17, 15) is 4.39 Å². The van der Waals surface area contributed by atoms with E-state index in [2.05, 4.69) is 17.4 Å². The first-order valence-corrected chi connectivity index (χ1v) is 7.95. The Morgan fingerprint density at radius 2 is 1.95 bits per heavy atom. The number of halogens is 1. The monoisotopic (exact) mass is 297 g/mol. The Morgan fingerprint density at radius 1 is 1.09 bits per heavy atom. The van der Waals surface area contributed by atoms with Gasteiger partial charge in [-0.1, -0.05) is 24.3 Å². The average molecular weight is 297 g/mol. The number of hydrogen-bond acceptors (Lipinski definition) is 2. The number of hydrogen-bond donors (Lipinski definition) is 1. The molecule has 1 saturated heterocycles. The van der Waals surface area contributed by atoms with Gasteiger partial charge in [-0.05, 0) is 60.2 Å². The number of ether oxygens (including phenoxy) is 1. The van der Waals surface area contributed by atoms with Crippen LogP contribution >= 0.6 is 0 Å². The van der Waals surface area contributed by atoms with Crippen LogP contribution in [-0.2, 0) is 0 Å². The van der Waals surface area contributed by atoms with E-state index >= 15 is 0 Å². The van der Waals surface area contributed by atoms with Gasteiger partial charge in [-0.2, -0.15) is 0 Å². The van der Waals surface area contributed by atoms with E-state index < -0.39 is 0 Å². The second kappa shape index (κ2) is 5.40. The van der Waals surface area contributed by atoms with E-state index in [4.69, 9.17) is 4.74 Å². The molecule has 3 heteroatoms. The van der Waals surface area contributed by atoms with Crippen molar-refractivity contribution in [2.75, 3.05) is 13.7 Å². The summed E-state index contributed by atoms with van der Waals surface area (Å²) in [6.45, 7) is 1.04. The topological polar surface area (TPSA) is 21.3 Å². The van der Waals surface area contributed by atoms with Crippen molar-refractivity contribution in [3.05, 3.63) is 65.0 Å². The Hall–Kier alpha value is -1.87. The molecule has 0 spiro atoms. The SMILES string of the molecule is COc1ccc2c(c1)C(c1ccccc1F)C1CCCNC21. The average Bonchev–Trinajstić information content (AvgIpc) is 2.89. The van der Waals surface area contributed by atoms with Crippen LogP contribution in [0.1, 0.15) is 41.5 Å². The van der Waals surface area contributed by atoms with Gasteiger partial charge in [0.15, 0.2) is 0 Å². The van der Waals surface area contributed by atoms with Gasteiger partial charge in [0.2, 0.25) is 0 Å². The molecule has 1 aliphatic carbocycles. The molecule has 2 aromatic carbocycles. The maximum Gasteiger partial charge on any atom is 0.127 e. The number of rotatable bonds is 2. The predicted octanol–water partition coefficient (Wildman–Crippen LogP) is 4.02. The fourth-order valence-electron chi connectivity index (χ4n) is 4.20. The minimum atomic E-state index is -0.104. The van der Waals surface area contributed by atoms with Gasteiger partial charge in [0.25, 0.3) is 0 Å². The Kier molecular flexibility index (Phi) is 3.38. The second-order valence-electron chi connectivity index (χ2n) is 6.23. The van der Waals surface area contributed by atoms with E-state index in [1.54, 1.807) is 19.2 Å². The quantitative estimate of drug-likeness (QED) is 0.904. The molecule has 0 bridgehead atoms. The number of piperidine rings is 1. The zero-order valence-corrected chi connectivity index (χ0v) is 12.7. The third-order valence-corrected chi connectivity index (χ3v) is 5.14. The lowest BCUT2D eigenvalue weighted by Crippen LogP contribution is -2.33. The van der Waals surface area contributed by atoms with Crippen LogP contribution in [0.5, 0.6) is 5.75 Å². The molecule has 2 aromatic rings. The van der Waals surface area contributed by atoms with Gasteiger partial charge in [0, 0.05) is 12.0 Å². The first kappa shape index (κ1) is 13.8. The molecule has 0 radical (unpaired) electrons. The molecular weight excluding hydrogens is 277 g/mol. The first-order valence-electron chi connectivity index (χ1n) is 7.95. The third kappa shape index (κ3) is 2.03. The van der Waals surface area contributed by atoms with E-state index in [-0.39, 0.29) is 11.7 Å². The highest BCUT2D eigenvalue weighted by Gasteiger charge is 2.43. The molecular formula is C19H20FNO. The van der Waals surface area contributed by atoms with Crippen molar-refractivity contribution in [3.8, 4) is 5.75 Å². The highest BCUT2D eigenvalue weighted by molar-refractivity contribution is 5.49. The summed E-state index contributed by atoms with van der Waals surface area (Å²) in [5.74, 6) is 1.28. The van der Waals surface area contributed by atoms with Crippen molar-refractivity contribution in [3.63, 3.8) is 0 Å². The van der Waals surface area contributed by atoms with E-state index in [1.165, 1.54) is 11.1 Å². The van der Waals surface area contributed by atoms with Crippen molar-refractivity contribution in [2.24, 2.45) is 5.92 Å². The Morgan fingerprint density at radius 3 is 2.77 bits per heavy atom. The van der Waals surface area contributed by atoms with Gasteiger partial charge >= 0.3 is 0 Å². The molecule has 22 heavy (non-hydrogen) atoms. The van der Waals surface area contributed by atoms with Crippen LogP contribution in [0.15, 0.2) is 42.5 Å². The number of fused-ring (bicyclic) bond motifs is 3. The predicted molar refractivity (Wildman–Crippen MR) is 84.7 cm³/mol. The van der Waals surface area contributed by atoms with Crippen LogP contribution in [0.4, 0.5) is 4.39 Å². The third-order valence-electron chi connectivity index (χ3n) is 5.14. The van der Waals surface area contributed by atoms with Gasteiger partial charge in [0.05, 0.1) is 7.11 Å². The molecule has 0 aromatic heterocycles. The summed E-state index contributed by atoms with van der Waals surface area (Å²) in [7, 11) is 1.68. The summed E-state index contributed by atoms with van der Waals surface area (Å²) in [6.07, 6.45) is 2.28. The fourth-order valence-corrected chi connectivity index (χ4v) is 4.20. The van der Waals surface area contributed by atoms with Crippen LogP contribution in [0.2, 0.25) is 0 Å². The lowest BCUT2D eigenvalue weighted by Gasteiger charge is -2.31. The highest BCUT2D eigenvalue weighted by Crippen LogP contribution is 2.52. The molecule has 3 atom stereocenters. The highest BCUT2D eigenvalue weighted by atomic mass is 19.1. The smallest absolute Gasteiger partial charge is 0.127 e. The van der Waals surface area contributed by atoms with Crippen molar-refractivity contribution in [2.45, 2.75) is 24.8 Å². The van der Waals surface area contributed by atoms with Crippen molar-refractivity contribution in [1.82, 2.24) is 5.32 Å². The molecule has 0 saturated carbocycles. The Bertz CT molecular complexity index is 700. The molecule has 2 aliphatic rings. The summed E-state index contributed by atoms with van der Waals surface area (Å²) >= 11 is 0. The lowest BCUT2D eigenvalue weighted by molar-refractivity contribution is 0.284. The minimum Gasteiger partial charge on any atom is -0.497 e. The molecule has 4 rings (SSSR count). The lowest BCUT2D eigenvalue weighted by atomic mass is 9.80. The molecule has 1 heterocycles. The van der Waals surface area contributed by atoms with Crippen molar-refractivity contribution in [1.29, 1.82) is 0 Å². The first-order chi connectivity index (χ1) is 10.8. The standard InChI is InChI=1S/C19H20FNO/c1-22-12-8-9-13-16(11-12)18(14-5-2-3-7-17(14)20)15-6-4-10-21-19(13)15/h2-3,5,7-9,11,15,18-19,21H,4,6,10H2,1H3. The normalized spacial score (nSPS) is 26.4.